The first kappa shape index (κ1) is 11.3. The zero-order valence-corrected chi connectivity index (χ0v) is 9.89. The molecule has 0 atom stereocenters. The average Bonchev–Trinajstić information content (AvgIpc) is 2.65. The Labute approximate surface area is 104 Å². The summed E-state index contributed by atoms with van der Waals surface area (Å²) in [6.45, 7) is 0.237. The molecule has 0 radical (unpaired) electrons. The number of furan rings is 1. The van der Waals surface area contributed by atoms with E-state index in [1.807, 2.05) is 6.07 Å². The predicted molar refractivity (Wildman–Crippen MR) is 65.6 cm³/mol. The van der Waals surface area contributed by atoms with E-state index in [0.717, 1.165) is 12.8 Å². The Balaban J connectivity index is 1.93. The zero-order valence-electron chi connectivity index (χ0n) is 9.89. The van der Waals surface area contributed by atoms with Gasteiger partial charge in [-0.2, -0.15) is 0 Å². The highest BCUT2D eigenvalue weighted by molar-refractivity contribution is 6.03. The third-order valence-electron chi connectivity index (χ3n) is 3.38. The molecule has 1 aliphatic carbocycles. The molecule has 4 nitrogen and oxygen atoms in total. The maximum atomic E-state index is 11.3. The zero-order chi connectivity index (χ0) is 12.5. The molecule has 94 valence electrons. The molecule has 1 heterocycles. The maximum Gasteiger partial charge on any atom is 0.340 e. The van der Waals surface area contributed by atoms with Crippen molar-refractivity contribution in [2.24, 2.45) is 0 Å². The van der Waals surface area contributed by atoms with E-state index in [1.165, 1.54) is 6.42 Å². The Kier molecular flexibility index (Phi) is 2.80. The topological polar surface area (TPSA) is 59.7 Å². The quantitative estimate of drug-likeness (QED) is 0.899. The number of rotatable bonds is 4. The van der Waals surface area contributed by atoms with Gasteiger partial charge in [-0.3, -0.25) is 0 Å². The molecular weight excluding hydrogens is 232 g/mol. The van der Waals surface area contributed by atoms with Crippen LogP contribution in [0.25, 0.3) is 11.0 Å². The summed E-state index contributed by atoms with van der Waals surface area (Å²) in [5.41, 5.74) is 0.826. The molecule has 1 fully saturated rings. The van der Waals surface area contributed by atoms with Crippen molar-refractivity contribution >= 4 is 16.9 Å². The van der Waals surface area contributed by atoms with Crippen LogP contribution in [0.3, 0.4) is 0 Å². The monoisotopic (exact) mass is 246 g/mol. The Morgan fingerprint density at radius 1 is 1.39 bits per heavy atom. The molecule has 1 aliphatic rings. The van der Waals surface area contributed by atoms with Crippen LogP contribution in [0.2, 0.25) is 0 Å². The molecule has 0 saturated heterocycles. The van der Waals surface area contributed by atoms with Gasteiger partial charge in [0.25, 0.3) is 0 Å². The number of hydrogen-bond donors (Lipinski definition) is 1. The fourth-order valence-electron chi connectivity index (χ4n) is 2.16. The van der Waals surface area contributed by atoms with E-state index < -0.39 is 5.97 Å². The minimum atomic E-state index is -0.966. The molecule has 1 N–H and O–H groups in total. The van der Waals surface area contributed by atoms with Gasteiger partial charge in [-0.05, 0) is 25.3 Å². The normalized spacial score (nSPS) is 15.8. The molecule has 18 heavy (non-hydrogen) atoms. The van der Waals surface area contributed by atoms with Crippen LogP contribution in [0, 0.1) is 0 Å². The second kappa shape index (κ2) is 4.46. The van der Waals surface area contributed by atoms with Gasteiger partial charge in [0.05, 0.1) is 6.10 Å². The summed E-state index contributed by atoms with van der Waals surface area (Å²) in [5, 5.41) is 9.91. The van der Waals surface area contributed by atoms with Gasteiger partial charge < -0.3 is 14.3 Å². The summed E-state index contributed by atoms with van der Waals surface area (Å²) in [6, 6.07) is 7.17. The summed E-state index contributed by atoms with van der Waals surface area (Å²) in [7, 11) is 0. The van der Waals surface area contributed by atoms with Crippen LogP contribution in [0.15, 0.2) is 28.7 Å². The fourth-order valence-corrected chi connectivity index (χ4v) is 2.16. The van der Waals surface area contributed by atoms with Crippen LogP contribution < -0.4 is 0 Å². The van der Waals surface area contributed by atoms with Crippen LogP contribution in [0.4, 0.5) is 0 Å². The van der Waals surface area contributed by atoms with E-state index in [2.05, 4.69) is 0 Å². The highest BCUT2D eigenvalue weighted by Crippen LogP contribution is 2.29. The van der Waals surface area contributed by atoms with Crippen molar-refractivity contribution in [3.63, 3.8) is 0 Å². The van der Waals surface area contributed by atoms with E-state index in [-0.39, 0.29) is 18.3 Å². The third-order valence-corrected chi connectivity index (χ3v) is 3.38. The first-order valence-electron chi connectivity index (χ1n) is 6.11. The molecule has 3 rings (SSSR count). The van der Waals surface area contributed by atoms with Gasteiger partial charge in [0, 0.05) is 5.39 Å². The lowest BCUT2D eigenvalue weighted by Crippen LogP contribution is -2.21. The molecule has 1 aromatic carbocycles. The third kappa shape index (κ3) is 1.88. The number of ether oxygens (including phenoxy) is 1. The largest absolute Gasteiger partial charge is 0.478 e. The molecule has 1 aromatic heterocycles. The molecule has 0 aliphatic heterocycles. The standard InChI is InChI=1S/C14H14O4/c15-14(16)13-10-6-1-2-7-11(10)18-12(13)8-17-9-4-3-5-9/h1-2,6-7,9H,3-5,8H2,(H,15,16). The number of para-hydroxylation sites is 1. The van der Waals surface area contributed by atoms with E-state index in [9.17, 15) is 9.90 Å². The number of carboxylic acids is 1. The van der Waals surface area contributed by atoms with Gasteiger partial charge in [0.2, 0.25) is 0 Å². The number of carboxylic acid groups (broad SMARTS) is 1. The highest BCUT2D eigenvalue weighted by atomic mass is 16.5. The van der Waals surface area contributed by atoms with E-state index >= 15 is 0 Å². The minimum Gasteiger partial charge on any atom is -0.478 e. The van der Waals surface area contributed by atoms with Gasteiger partial charge in [-0.25, -0.2) is 4.79 Å². The van der Waals surface area contributed by atoms with Crippen LogP contribution >= 0.6 is 0 Å². The molecule has 0 unspecified atom stereocenters. The Morgan fingerprint density at radius 3 is 2.83 bits per heavy atom. The number of fused-ring (bicyclic) bond motifs is 1. The lowest BCUT2D eigenvalue weighted by atomic mass is 9.96. The SMILES string of the molecule is O=C(O)c1c(COC2CCC2)oc2ccccc12. The Morgan fingerprint density at radius 2 is 2.17 bits per heavy atom. The minimum absolute atomic E-state index is 0.227. The molecule has 2 aromatic rings. The first-order chi connectivity index (χ1) is 8.75. The molecular formula is C14H14O4. The van der Waals surface area contributed by atoms with E-state index in [1.54, 1.807) is 18.2 Å². The Hall–Kier alpha value is -1.81. The van der Waals surface area contributed by atoms with Crippen molar-refractivity contribution in [3.8, 4) is 0 Å². The van der Waals surface area contributed by atoms with Gasteiger partial charge in [-0.15, -0.1) is 0 Å². The number of hydrogen-bond acceptors (Lipinski definition) is 3. The summed E-state index contributed by atoms with van der Waals surface area (Å²) >= 11 is 0. The first-order valence-corrected chi connectivity index (χ1v) is 6.11. The van der Waals surface area contributed by atoms with Gasteiger partial charge in [-0.1, -0.05) is 18.2 Å². The summed E-state index contributed by atoms with van der Waals surface area (Å²) in [4.78, 5) is 11.3. The van der Waals surface area contributed by atoms with Crippen molar-refractivity contribution in [2.45, 2.75) is 32.0 Å². The van der Waals surface area contributed by atoms with Crippen molar-refractivity contribution in [3.05, 3.63) is 35.6 Å². The summed E-state index contributed by atoms with van der Waals surface area (Å²) < 4.78 is 11.2. The van der Waals surface area contributed by atoms with Crippen LogP contribution in [-0.4, -0.2) is 17.2 Å². The van der Waals surface area contributed by atoms with Gasteiger partial charge in [0.1, 0.15) is 23.5 Å². The van der Waals surface area contributed by atoms with Crippen molar-refractivity contribution < 1.29 is 19.1 Å². The molecule has 0 bridgehead atoms. The number of carbonyl (C=O) groups is 1. The summed E-state index contributed by atoms with van der Waals surface area (Å²) in [5.74, 6) is -0.553. The van der Waals surface area contributed by atoms with Crippen LogP contribution in [0.5, 0.6) is 0 Å². The lowest BCUT2D eigenvalue weighted by Gasteiger charge is -2.24. The second-order valence-electron chi connectivity index (χ2n) is 4.57. The summed E-state index contributed by atoms with van der Waals surface area (Å²) in [6.07, 6.45) is 3.57. The fraction of sp³-hybridized carbons (Fsp3) is 0.357. The Bertz CT molecular complexity index is 580. The van der Waals surface area contributed by atoms with E-state index in [4.69, 9.17) is 9.15 Å². The number of aromatic carboxylic acids is 1. The van der Waals surface area contributed by atoms with Crippen LogP contribution in [-0.2, 0) is 11.3 Å². The van der Waals surface area contributed by atoms with Gasteiger partial charge in [0.15, 0.2) is 0 Å². The second-order valence-corrected chi connectivity index (χ2v) is 4.57. The average molecular weight is 246 g/mol. The molecule has 0 spiro atoms. The number of benzene rings is 1. The van der Waals surface area contributed by atoms with Crippen molar-refractivity contribution in [2.75, 3.05) is 0 Å². The predicted octanol–water partition coefficient (Wildman–Crippen LogP) is 3.20. The van der Waals surface area contributed by atoms with E-state index in [0.29, 0.717) is 16.7 Å². The van der Waals surface area contributed by atoms with Crippen molar-refractivity contribution in [1.82, 2.24) is 0 Å². The van der Waals surface area contributed by atoms with Crippen molar-refractivity contribution in [1.29, 1.82) is 0 Å². The smallest absolute Gasteiger partial charge is 0.340 e. The lowest BCUT2D eigenvalue weighted by molar-refractivity contribution is -0.0157. The molecule has 4 heteroatoms. The van der Waals surface area contributed by atoms with Crippen LogP contribution in [0.1, 0.15) is 35.4 Å². The maximum absolute atomic E-state index is 11.3. The molecule has 1 saturated carbocycles. The highest BCUT2D eigenvalue weighted by Gasteiger charge is 2.23. The van der Waals surface area contributed by atoms with Gasteiger partial charge >= 0.3 is 5.97 Å². The molecule has 0 amide bonds.